The summed E-state index contributed by atoms with van der Waals surface area (Å²) in [4.78, 5) is 11.5. The molecule has 0 bridgehead atoms. The third kappa shape index (κ3) is 3.44. The Bertz CT molecular complexity index is 482. The van der Waals surface area contributed by atoms with Gasteiger partial charge in [0.2, 0.25) is 0 Å². The van der Waals surface area contributed by atoms with Gasteiger partial charge < -0.3 is 15.6 Å². The molecule has 0 heterocycles. The molecule has 0 aliphatic rings. The molecule has 1 atom stereocenters. The second-order valence-corrected chi connectivity index (χ2v) is 5.86. The summed E-state index contributed by atoms with van der Waals surface area (Å²) in [6, 6.07) is 4.02. The predicted octanol–water partition coefficient (Wildman–Crippen LogP) is 2.51. The molecule has 1 unspecified atom stereocenters. The molecular formula is C14H20FNO3. The Balaban J connectivity index is 3.31. The molecule has 0 aliphatic carbocycles. The number of rotatable bonds is 4. The van der Waals surface area contributed by atoms with Gasteiger partial charge in [0.1, 0.15) is 17.1 Å². The van der Waals surface area contributed by atoms with Gasteiger partial charge in [-0.2, -0.15) is 0 Å². The summed E-state index contributed by atoms with van der Waals surface area (Å²) in [7, 11) is 1.41. The Hall–Kier alpha value is -1.62. The molecule has 5 heteroatoms. The number of carboxylic acids is 1. The van der Waals surface area contributed by atoms with Crippen LogP contribution in [0.5, 0.6) is 5.75 Å². The molecule has 1 aromatic carbocycles. The van der Waals surface area contributed by atoms with Crippen LogP contribution in [-0.2, 0) is 10.3 Å². The molecule has 1 aromatic rings. The largest absolute Gasteiger partial charge is 0.497 e. The van der Waals surface area contributed by atoms with Gasteiger partial charge in [0, 0.05) is 11.6 Å². The molecule has 0 aliphatic heterocycles. The number of hydrogen-bond acceptors (Lipinski definition) is 3. The number of benzene rings is 1. The van der Waals surface area contributed by atoms with Crippen LogP contribution >= 0.6 is 0 Å². The Morgan fingerprint density at radius 2 is 2.00 bits per heavy atom. The van der Waals surface area contributed by atoms with Gasteiger partial charge in [-0.3, -0.25) is 0 Å². The second kappa shape index (κ2) is 5.17. The third-order valence-corrected chi connectivity index (χ3v) is 2.85. The van der Waals surface area contributed by atoms with E-state index in [0.717, 1.165) is 6.07 Å². The van der Waals surface area contributed by atoms with E-state index in [9.17, 15) is 14.3 Å². The summed E-state index contributed by atoms with van der Waals surface area (Å²) >= 11 is 0. The van der Waals surface area contributed by atoms with Crippen LogP contribution in [-0.4, -0.2) is 18.2 Å². The van der Waals surface area contributed by atoms with Gasteiger partial charge in [-0.25, -0.2) is 9.18 Å². The van der Waals surface area contributed by atoms with Crippen LogP contribution in [0.1, 0.15) is 32.8 Å². The van der Waals surface area contributed by atoms with Gasteiger partial charge in [-0.15, -0.1) is 0 Å². The molecule has 0 aromatic heterocycles. The van der Waals surface area contributed by atoms with Crippen LogP contribution in [0.25, 0.3) is 0 Å². The summed E-state index contributed by atoms with van der Waals surface area (Å²) < 4.78 is 18.9. The quantitative estimate of drug-likeness (QED) is 0.881. The topological polar surface area (TPSA) is 72.5 Å². The summed E-state index contributed by atoms with van der Waals surface area (Å²) in [5.41, 5.74) is 3.83. The first-order chi connectivity index (χ1) is 8.60. The van der Waals surface area contributed by atoms with Gasteiger partial charge in [0.25, 0.3) is 0 Å². The van der Waals surface area contributed by atoms with E-state index >= 15 is 0 Å². The van der Waals surface area contributed by atoms with Crippen molar-refractivity contribution in [1.82, 2.24) is 0 Å². The maximum atomic E-state index is 14.0. The maximum Gasteiger partial charge on any atom is 0.328 e. The molecule has 0 fully saturated rings. The fourth-order valence-corrected chi connectivity index (χ4v) is 2.11. The zero-order chi connectivity index (χ0) is 14.8. The molecule has 1 rings (SSSR count). The molecule has 3 N–H and O–H groups in total. The van der Waals surface area contributed by atoms with Crippen LogP contribution < -0.4 is 10.5 Å². The predicted molar refractivity (Wildman–Crippen MR) is 70.5 cm³/mol. The van der Waals surface area contributed by atoms with Crippen molar-refractivity contribution in [2.45, 2.75) is 32.7 Å². The fourth-order valence-electron chi connectivity index (χ4n) is 2.11. The third-order valence-electron chi connectivity index (χ3n) is 2.85. The van der Waals surface area contributed by atoms with Crippen LogP contribution in [0.3, 0.4) is 0 Å². The molecular weight excluding hydrogens is 249 g/mol. The first-order valence-corrected chi connectivity index (χ1v) is 5.96. The Morgan fingerprint density at radius 1 is 1.42 bits per heavy atom. The minimum Gasteiger partial charge on any atom is -0.497 e. The smallest absolute Gasteiger partial charge is 0.328 e. The molecule has 0 radical (unpaired) electrons. The second-order valence-electron chi connectivity index (χ2n) is 5.86. The highest BCUT2D eigenvalue weighted by Crippen LogP contribution is 2.35. The van der Waals surface area contributed by atoms with E-state index in [-0.39, 0.29) is 17.4 Å². The first-order valence-electron chi connectivity index (χ1n) is 5.96. The highest BCUT2D eigenvalue weighted by Gasteiger charge is 2.41. The summed E-state index contributed by atoms with van der Waals surface area (Å²) in [6.45, 7) is 5.58. The monoisotopic (exact) mass is 269 g/mol. The van der Waals surface area contributed by atoms with Crippen LogP contribution in [0, 0.1) is 11.2 Å². The zero-order valence-electron chi connectivity index (χ0n) is 11.7. The Kier molecular flexibility index (Phi) is 4.20. The standard InChI is InChI=1S/C14H20FNO3/c1-13(2,3)8-14(16,12(17)18)10-6-5-9(19-4)7-11(10)15/h5-7H,8,16H2,1-4H3,(H,17,18). The average Bonchev–Trinajstić information content (AvgIpc) is 2.25. The summed E-state index contributed by atoms with van der Waals surface area (Å²) in [6.07, 6.45) is 0.124. The number of methoxy groups -OCH3 is 1. The first kappa shape index (κ1) is 15.4. The van der Waals surface area contributed by atoms with Crippen molar-refractivity contribution < 1.29 is 19.0 Å². The van der Waals surface area contributed by atoms with Crippen molar-refractivity contribution in [3.05, 3.63) is 29.6 Å². The van der Waals surface area contributed by atoms with Gasteiger partial charge in [0.15, 0.2) is 0 Å². The van der Waals surface area contributed by atoms with Crippen LogP contribution in [0.2, 0.25) is 0 Å². The minimum atomic E-state index is -1.76. The van der Waals surface area contributed by atoms with Crippen molar-refractivity contribution in [2.75, 3.05) is 7.11 Å². The van der Waals surface area contributed by atoms with E-state index in [1.54, 1.807) is 0 Å². The molecule has 0 saturated carbocycles. The van der Waals surface area contributed by atoms with Gasteiger partial charge in [-0.1, -0.05) is 20.8 Å². The Morgan fingerprint density at radius 3 is 2.37 bits per heavy atom. The lowest BCUT2D eigenvalue weighted by Gasteiger charge is -2.32. The number of ether oxygens (including phenoxy) is 1. The van der Waals surface area contributed by atoms with E-state index in [4.69, 9.17) is 10.5 Å². The highest BCUT2D eigenvalue weighted by atomic mass is 19.1. The SMILES string of the molecule is COc1ccc(C(N)(CC(C)(C)C)C(=O)O)c(F)c1. The minimum absolute atomic E-state index is 0.0317. The number of nitrogens with two attached hydrogens (primary N) is 1. The number of aliphatic carboxylic acids is 1. The van der Waals surface area contributed by atoms with Crippen LogP contribution in [0.15, 0.2) is 18.2 Å². The number of halogens is 1. The molecule has 106 valence electrons. The molecule has 0 saturated heterocycles. The van der Waals surface area contributed by atoms with E-state index < -0.39 is 17.3 Å². The summed E-state index contributed by atoms with van der Waals surface area (Å²) in [5.74, 6) is -1.59. The zero-order valence-corrected chi connectivity index (χ0v) is 11.7. The van der Waals surface area contributed by atoms with Gasteiger partial charge in [-0.05, 0) is 24.0 Å². The molecule has 0 amide bonds. The van der Waals surface area contributed by atoms with Gasteiger partial charge >= 0.3 is 5.97 Å². The lowest BCUT2D eigenvalue weighted by atomic mass is 9.76. The number of carboxylic acid groups (broad SMARTS) is 1. The highest BCUT2D eigenvalue weighted by molar-refractivity contribution is 5.80. The van der Waals surface area contributed by atoms with E-state index in [2.05, 4.69) is 0 Å². The van der Waals surface area contributed by atoms with Crippen molar-refractivity contribution in [3.8, 4) is 5.75 Å². The lowest BCUT2D eigenvalue weighted by Crippen LogP contribution is -2.48. The van der Waals surface area contributed by atoms with Gasteiger partial charge in [0.05, 0.1) is 7.11 Å². The summed E-state index contributed by atoms with van der Waals surface area (Å²) in [5, 5.41) is 9.38. The molecule has 4 nitrogen and oxygen atoms in total. The van der Waals surface area contributed by atoms with Crippen molar-refractivity contribution >= 4 is 5.97 Å². The number of hydrogen-bond donors (Lipinski definition) is 2. The van der Waals surface area contributed by atoms with E-state index in [0.29, 0.717) is 5.75 Å². The van der Waals surface area contributed by atoms with E-state index in [1.807, 2.05) is 20.8 Å². The normalized spacial score (nSPS) is 14.8. The molecule has 0 spiro atoms. The Labute approximate surface area is 112 Å². The van der Waals surface area contributed by atoms with Crippen molar-refractivity contribution in [2.24, 2.45) is 11.1 Å². The van der Waals surface area contributed by atoms with E-state index in [1.165, 1.54) is 19.2 Å². The van der Waals surface area contributed by atoms with Crippen LogP contribution in [0.4, 0.5) is 4.39 Å². The van der Waals surface area contributed by atoms with Crippen molar-refractivity contribution in [3.63, 3.8) is 0 Å². The van der Waals surface area contributed by atoms with Crippen molar-refractivity contribution in [1.29, 1.82) is 0 Å². The molecule has 19 heavy (non-hydrogen) atoms. The lowest BCUT2D eigenvalue weighted by molar-refractivity contribution is -0.145. The maximum absolute atomic E-state index is 14.0. The average molecular weight is 269 g/mol. The number of carbonyl (C=O) groups is 1. The fraction of sp³-hybridized carbons (Fsp3) is 0.500.